The van der Waals surface area contributed by atoms with Crippen molar-refractivity contribution in [3.63, 3.8) is 0 Å². The number of aromatic nitrogens is 2. The molecule has 3 nitrogen and oxygen atoms in total. The molecule has 1 aromatic heterocycles. The number of nitrogens with zero attached hydrogens (tertiary/aromatic N) is 2. The van der Waals surface area contributed by atoms with Crippen LogP contribution in [0.5, 0.6) is 0 Å². The van der Waals surface area contributed by atoms with Crippen LogP contribution in [0.3, 0.4) is 0 Å². The van der Waals surface area contributed by atoms with E-state index in [1.165, 1.54) is 17.4 Å². The molecule has 2 rings (SSSR count). The van der Waals surface area contributed by atoms with Crippen molar-refractivity contribution in [2.75, 3.05) is 5.73 Å². The number of halogens is 2. The van der Waals surface area contributed by atoms with Gasteiger partial charge in [-0.1, -0.05) is 11.3 Å². The number of nitrogen functional groups attached to an aromatic ring is 1. The van der Waals surface area contributed by atoms with Crippen molar-refractivity contribution in [1.82, 2.24) is 10.2 Å². The van der Waals surface area contributed by atoms with Crippen molar-refractivity contribution >= 4 is 32.4 Å². The third-order valence-corrected chi connectivity index (χ3v) is 3.02. The van der Waals surface area contributed by atoms with E-state index in [0.29, 0.717) is 14.6 Å². The molecule has 0 bridgehead atoms. The zero-order chi connectivity index (χ0) is 10.1. The first-order valence-electron chi connectivity index (χ1n) is 3.71. The van der Waals surface area contributed by atoms with E-state index >= 15 is 0 Å². The SMILES string of the molecule is Nc1nnc(-c2ccc(F)c(Br)c2)s1. The Bertz CT molecular complexity index is 471. The lowest BCUT2D eigenvalue weighted by Gasteiger charge is -1.97. The van der Waals surface area contributed by atoms with Gasteiger partial charge in [0.2, 0.25) is 5.13 Å². The van der Waals surface area contributed by atoms with E-state index in [-0.39, 0.29) is 5.82 Å². The van der Waals surface area contributed by atoms with E-state index in [1.807, 2.05) is 0 Å². The molecule has 0 radical (unpaired) electrons. The Hall–Kier alpha value is -1.01. The molecule has 0 aliphatic rings. The van der Waals surface area contributed by atoms with Crippen molar-refractivity contribution in [2.45, 2.75) is 0 Å². The van der Waals surface area contributed by atoms with Crippen LogP contribution in [-0.2, 0) is 0 Å². The highest BCUT2D eigenvalue weighted by molar-refractivity contribution is 9.10. The summed E-state index contributed by atoms with van der Waals surface area (Å²) in [6.07, 6.45) is 0. The summed E-state index contributed by atoms with van der Waals surface area (Å²) in [6, 6.07) is 4.66. The fourth-order valence-electron chi connectivity index (χ4n) is 0.980. The Morgan fingerprint density at radius 2 is 2.14 bits per heavy atom. The highest BCUT2D eigenvalue weighted by Crippen LogP contribution is 2.28. The first kappa shape index (κ1) is 9.54. The Balaban J connectivity index is 2.47. The standard InChI is InChI=1S/C8H5BrFN3S/c9-5-3-4(1-2-6(5)10)7-12-13-8(11)14-7/h1-3H,(H2,11,13). The molecule has 0 spiro atoms. The fourth-order valence-corrected chi connectivity index (χ4v) is 1.97. The lowest BCUT2D eigenvalue weighted by Crippen LogP contribution is -1.81. The van der Waals surface area contributed by atoms with Crippen LogP contribution in [0.15, 0.2) is 22.7 Å². The summed E-state index contributed by atoms with van der Waals surface area (Å²) in [7, 11) is 0. The van der Waals surface area contributed by atoms with E-state index in [1.54, 1.807) is 12.1 Å². The highest BCUT2D eigenvalue weighted by Gasteiger charge is 2.06. The van der Waals surface area contributed by atoms with Crippen LogP contribution in [0.2, 0.25) is 0 Å². The molecule has 2 N–H and O–H groups in total. The van der Waals surface area contributed by atoms with Crippen molar-refractivity contribution in [2.24, 2.45) is 0 Å². The number of hydrogen-bond donors (Lipinski definition) is 1. The van der Waals surface area contributed by atoms with E-state index < -0.39 is 0 Å². The van der Waals surface area contributed by atoms with Crippen LogP contribution >= 0.6 is 27.3 Å². The van der Waals surface area contributed by atoms with Gasteiger partial charge in [-0.3, -0.25) is 0 Å². The van der Waals surface area contributed by atoms with Crippen LogP contribution < -0.4 is 5.73 Å². The molecule has 1 heterocycles. The summed E-state index contributed by atoms with van der Waals surface area (Å²) in [5, 5.41) is 8.63. The topological polar surface area (TPSA) is 51.8 Å². The number of nitrogens with two attached hydrogens (primary N) is 1. The first-order valence-corrected chi connectivity index (χ1v) is 5.32. The quantitative estimate of drug-likeness (QED) is 0.869. The Morgan fingerprint density at radius 3 is 2.71 bits per heavy atom. The summed E-state index contributed by atoms with van der Waals surface area (Å²) in [6.45, 7) is 0. The maximum atomic E-state index is 12.9. The zero-order valence-electron chi connectivity index (χ0n) is 6.87. The van der Waals surface area contributed by atoms with Gasteiger partial charge in [-0.05, 0) is 34.1 Å². The zero-order valence-corrected chi connectivity index (χ0v) is 9.27. The molecule has 6 heteroatoms. The summed E-state index contributed by atoms with van der Waals surface area (Å²) < 4.78 is 13.3. The monoisotopic (exact) mass is 273 g/mol. The lowest BCUT2D eigenvalue weighted by molar-refractivity contribution is 0.621. The molecule has 14 heavy (non-hydrogen) atoms. The van der Waals surface area contributed by atoms with Gasteiger partial charge in [-0.25, -0.2) is 4.39 Å². The van der Waals surface area contributed by atoms with Crippen LogP contribution in [0.4, 0.5) is 9.52 Å². The number of rotatable bonds is 1. The van der Waals surface area contributed by atoms with E-state index in [9.17, 15) is 4.39 Å². The molecule has 0 aliphatic heterocycles. The van der Waals surface area contributed by atoms with Crippen LogP contribution in [0, 0.1) is 5.82 Å². The van der Waals surface area contributed by atoms with Gasteiger partial charge in [0.25, 0.3) is 0 Å². The van der Waals surface area contributed by atoms with Crippen molar-refractivity contribution in [3.8, 4) is 10.6 Å². The Morgan fingerprint density at radius 1 is 1.36 bits per heavy atom. The molecule has 0 fully saturated rings. The Kier molecular flexibility index (Phi) is 2.47. The average Bonchev–Trinajstić information content (AvgIpc) is 2.57. The van der Waals surface area contributed by atoms with Gasteiger partial charge in [-0.2, -0.15) is 0 Å². The first-order chi connectivity index (χ1) is 6.66. The number of anilines is 1. The van der Waals surface area contributed by atoms with E-state index in [2.05, 4.69) is 26.1 Å². The van der Waals surface area contributed by atoms with Crippen molar-refractivity contribution < 1.29 is 4.39 Å². The molecule has 0 saturated carbocycles. The van der Waals surface area contributed by atoms with Gasteiger partial charge in [-0.15, -0.1) is 10.2 Å². The molecule has 72 valence electrons. The maximum Gasteiger partial charge on any atom is 0.203 e. The molecule has 0 amide bonds. The highest BCUT2D eigenvalue weighted by atomic mass is 79.9. The van der Waals surface area contributed by atoms with E-state index in [4.69, 9.17) is 5.73 Å². The normalized spacial score (nSPS) is 10.4. The van der Waals surface area contributed by atoms with E-state index in [0.717, 1.165) is 5.56 Å². The maximum absolute atomic E-state index is 12.9. The van der Waals surface area contributed by atoms with Gasteiger partial charge >= 0.3 is 0 Å². The largest absolute Gasteiger partial charge is 0.374 e. The predicted octanol–water partition coefficient (Wildman–Crippen LogP) is 2.69. The smallest absolute Gasteiger partial charge is 0.203 e. The molecule has 0 aliphatic carbocycles. The third kappa shape index (κ3) is 1.76. The van der Waals surface area contributed by atoms with Gasteiger partial charge in [0, 0.05) is 5.56 Å². The van der Waals surface area contributed by atoms with Gasteiger partial charge in [0.1, 0.15) is 10.8 Å². The van der Waals surface area contributed by atoms with Crippen molar-refractivity contribution in [1.29, 1.82) is 0 Å². The minimum Gasteiger partial charge on any atom is -0.374 e. The molecule has 0 unspecified atom stereocenters. The number of benzene rings is 1. The minimum absolute atomic E-state index is 0.300. The molecule has 2 aromatic rings. The van der Waals surface area contributed by atoms with Crippen LogP contribution in [0.25, 0.3) is 10.6 Å². The second kappa shape index (κ2) is 3.62. The van der Waals surface area contributed by atoms with Crippen LogP contribution in [-0.4, -0.2) is 10.2 Å². The van der Waals surface area contributed by atoms with Gasteiger partial charge < -0.3 is 5.73 Å². The summed E-state index contributed by atoms with van der Waals surface area (Å²) in [5.74, 6) is -0.300. The van der Waals surface area contributed by atoms with Gasteiger partial charge in [0.15, 0.2) is 0 Å². The molecule has 0 atom stereocenters. The molecular formula is C8H5BrFN3S. The summed E-state index contributed by atoms with van der Waals surface area (Å²) in [4.78, 5) is 0. The average molecular weight is 274 g/mol. The molecule has 0 saturated heterocycles. The second-order valence-corrected chi connectivity index (χ2v) is 4.44. The fraction of sp³-hybridized carbons (Fsp3) is 0. The van der Waals surface area contributed by atoms with Crippen LogP contribution in [0.1, 0.15) is 0 Å². The lowest BCUT2D eigenvalue weighted by atomic mass is 10.2. The summed E-state index contributed by atoms with van der Waals surface area (Å²) >= 11 is 4.37. The Labute approximate surface area is 91.9 Å². The number of hydrogen-bond acceptors (Lipinski definition) is 4. The predicted molar refractivity (Wildman–Crippen MR) is 57.4 cm³/mol. The molecular weight excluding hydrogens is 269 g/mol. The second-order valence-electron chi connectivity index (χ2n) is 2.57. The minimum atomic E-state index is -0.300. The summed E-state index contributed by atoms with van der Waals surface area (Å²) in [5.41, 5.74) is 6.24. The molecule has 1 aromatic carbocycles. The van der Waals surface area contributed by atoms with Crippen molar-refractivity contribution in [3.05, 3.63) is 28.5 Å². The van der Waals surface area contributed by atoms with Gasteiger partial charge in [0.05, 0.1) is 4.47 Å². The third-order valence-electron chi connectivity index (χ3n) is 1.61.